The highest BCUT2D eigenvalue weighted by Crippen LogP contribution is 2.21. The van der Waals surface area contributed by atoms with Gasteiger partial charge >= 0.3 is 0 Å². The van der Waals surface area contributed by atoms with Crippen molar-refractivity contribution in [3.63, 3.8) is 0 Å². The number of alkyl halides is 2. The Balaban J connectivity index is 2.63. The Hall–Kier alpha value is -1.04. The summed E-state index contributed by atoms with van der Waals surface area (Å²) >= 11 is 0. The molecule has 4 N–H and O–H groups in total. The van der Waals surface area contributed by atoms with Gasteiger partial charge in [-0.2, -0.15) is 0 Å². The van der Waals surface area contributed by atoms with Gasteiger partial charge in [-0.15, -0.1) is 0 Å². The lowest BCUT2D eigenvalue weighted by molar-refractivity contribution is 0.151. The molecule has 0 aliphatic heterocycles. The second-order valence-electron chi connectivity index (χ2n) is 4.69. The first-order valence-electron chi connectivity index (χ1n) is 6.53. The number of hydrogen-bond acceptors (Lipinski definition) is 3. The van der Waals surface area contributed by atoms with E-state index in [1.165, 1.54) is 12.1 Å². The highest BCUT2D eigenvalue weighted by atomic mass is 19.3. The first kappa shape index (κ1) is 16.0. The molecule has 0 heterocycles. The number of nitrogens with one attached hydrogen (secondary N) is 1. The predicted octanol–water partition coefficient (Wildman–Crippen LogP) is 2.37. The maximum Gasteiger partial charge on any atom is 0.263 e. The van der Waals surface area contributed by atoms with Crippen LogP contribution >= 0.6 is 0 Å². The van der Waals surface area contributed by atoms with E-state index < -0.39 is 6.43 Å². The zero-order chi connectivity index (χ0) is 14.3. The average Bonchev–Trinajstić information content (AvgIpc) is 2.42. The van der Waals surface area contributed by atoms with Gasteiger partial charge in [0, 0.05) is 30.8 Å². The molecule has 0 aliphatic rings. The normalized spacial score (nSPS) is 14.6. The molecule has 0 radical (unpaired) electrons. The van der Waals surface area contributed by atoms with Crippen molar-refractivity contribution in [1.29, 1.82) is 0 Å². The highest BCUT2D eigenvalue weighted by Gasteiger charge is 2.14. The van der Waals surface area contributed by atoms with Crippen LogP contribution in [-0.2, 0) is 0 Å². The number of aliphatic hydroxyl groups excluding tert-OH is 1. The average molecular weight is 272 g/mol. The molecule has 0 amide bonds. The van der Waals surface area contributed by atoms with E-state index in [-0.39, 0.29) is 24.3 Å². The van der Waals surface area contributed by atoms with Gasteiger partial charge in [-0.1, -0.05) is 24.3 Å². The number of rotatable bonds is 8. The fraction of sp³-hybridized carbons (Fsp3) is 0.571. The molecular formula is C14H22F2N2O. The molecule has 0 bridgehead atoms. The summed E-state index contributed by atoms with van der Waals surface area (Å²) in [5.74, 6) is 0. The third-order valence-electron chi connectivity index (χ3n) is 3.11. The minimum Gasteiger partial charge on any atom is -0.396 e. The van der Waals surface area contributed by atoms with Crippen LogP contribution in [0.15, 0.2) is 24.3 Å². The smallest absolute Gasteiger partial charge is 0.263 e. The topological polar surface area (TPSA) is 58.3 Å². The van der Waals surface area contributed by atoms with Crippen LogP contribution in [0.5, 0.6) is 0 Å². The number of aliphatic hydroxyl groups is 1. The van der Waals surface area contributed by atoms with Crippen LogP contribution in [0.3, 0.4) is 0 Å². The van der Waals surface area contributed by atoms with Crippen molar-refractivity contribution in [2.45, 2.75) is 38.3 Å². The van der Waals surface area contributed by atoms with Gasteiger partial charge in [0.2, 0.25) is 0 Å². The van der Waals surface area contributed by atoms with E-state index in [9.17, 15) is 8.78 Å². The zero-order valence-corrected chi connectivity index (χ0v) is 11.2. The van der Waals surface area contributed by atoms with E-state index in [2.05, 4.69) is 5.32 Å². The predicted molar refractivity (Wildman–Crippen MR) is 72.1 cm³/mol. The van der Waals surface area contributed by atoms with E-state index in [0.29, 0.717) is 6.54 Å². The van der Waals surface area contributed by atoms with Crippen LogP contribution in [-0.4, -0.2) is 24.3 Å². The lowest BCUT2D eigenvalue weighted by Gasteiger charge is -2.22. The van der Waals surface area contributed by atoms with Gasteiger partial charge < -0.3 is 16.2 Å². The molecule has 0 saturated carbocycles. The van der Waals surface area contributed by atoms with Gasteiger partial charge in [0.1, 0.15) is 0 Å². The van der Waals surface area contributed by atoms with Crippen molar-refractivity contribution < 1.29 is 13.9 Å². The van der Waals surface area contributed by atoms with E-state index >= 15 is 0 Å². The summed E-state index contributed by atoms with van der Waals surface area (Å²) in [6.07, 6.45) is -0.862. The quantitative estimate of drug-likeness (QED) is 0.681. The Bertz CT molecular complexity index is 357. The van der Waals surface area contributed by atoms with Crippen LogP contribution in [0.1, 0.15) is 43.4 Å². The summed E-state index contributed by atoms with van der Waals surface area (Å²) in [6.45, 7) is 2.59. The van der Waals surface area contributed by atoms with Crippen molar-refractivity contribution in [3.8, 4) is 0 Å². The number of nitrogens with two attached hydrogens (primary N) is 1. The summed E-state index contributed by atoms with van der Waals surface area (Å²) in [7, 11) is 0. The van der Waals surface area contributed by atoms with Crippen LogP contribution in [0.25, 0.3) is 0 Å². The Kier molecular flexibility index (Phi) is 6.91. The first-order chi connectivity index (χ1) is 9.08. The fourth-order valence-electron chi connectivity index (χ4n) is 2.00. The molecule has 2 atom stereocenters. The summed E-state index contributed by atoms with van der Waals surface area (Å²) in [5, 5.41) is 12.1. The minimum absolute atomic E-state index is 0.0212. The Labute approximate surface area is 112 Å². The van der Waals surface area contributed by atoms with Crippen molar-refractivity contribution in [1.82, 2.24) is 5.32 Å². The Morgan fingerprint density at radius 1 is 1.21 bits per heavy atom. The van der Waals surface area contributed by atoms with Gasteiger partial charge in [-0.25, -0.2) is 8.78 Å². The molecule has 3 nitrogen and oxygen atoms in total. The molecule has 0 saturated heterocycles. The van der Waals surface area contributed by atoms with Gasteiger partial charge in [0.25, 0.3) is 6.43 Å². The summed E-state index contributed by atoms with van der Waals surface area (Å²) < 4.78 is 24.9. The molecular weight excluding hydrogens is 250 g/mol. The van der Waals surface area contributed by atoms with E-state index in [1.807, 2.05) is 6.92 Å². The Morgan fingerprint density at radius 2 is 1.79 bits per heavy atom. The van der Waals surface area contributed by atoms with Gasteiger partial charge in [-0.05, 0) is 25.3 Å². The van der Waals surface area contributed by atoms with E-state index in [1.54, 1.807) is 12.1 Å². The van der Waals surface area contributed by atoms with Gasteiger partial charge in [0.05, 0.1) is 0 Å². The van der Waals surface area contributed by atoms with Gasteiger partial charge in [-0.3, -0.25) is 0 Å². The van der Waals surface area contributed by atoms with Crippen molar-refractivity contribution in [3.05, 3.63) is 35.4 Å². The summed E-state index contributed by atoms with van der Waals surface area (Å²) in [4.78, 5) is 0. The zero-order valence-electron chi connectivity index (χ0n) is 11.2. The largest absolute Gasteiger partial charge is 0.396 e. The molecule has 1 rings (SSSR count). The molecule has 2 unspecified atom stereocenters. The van der Waals surface area contributed by atoms with Gasteiger partial charge in [0.15, 0.2) is 0 Å². The first-order valence-corrected chi connectivity index (χ1v) is 6.53. The molecule has 1 aromatic rings. The standard InChI is InChI=1S/C14H22F2N2O/c1-10(3-2-8-19)18-13(9-17)11-4-6-12(7-5-11)14(15)16/h4-7,10,13-14,18-19H,2-3,8-9,17H2,1H3. The van der Waals surface area contributed by atoms with Crippen LogP contribution < -0.4 is 11.1 Å². The summed E-state index contributed by atoms with van der Waals surface area (Å²) in [5.41, 5.74) is 6.65. The molecule has 19 heavy (non-hydrogen) atoms. The molecule has 1 aromatic carbocycles. The molecule has 5 heteroatoms. The number of benzene rings is 1. The van der Waals surface area contributed by atoms with Crippen LogP contribution in [0.2, 0.25) is 0 Å². The second-order valence-corrected chi connectivity index (χ2v) is 4.69. The summed E-state index contributed by atoms with van der Waals surface area (Å²) in [6, 6.07) is 6.40. The Morgan fingerprint density at radius 3 is 2.26 bits per heavy atom. The third kappa shape index (κ3) is 5.22. The fourth-order valence-corrected chi connectivity index (χ4v) is 2.00. The second kappa shape index (κ2) is 8.19. The lowest BCUT2D eigenvalue weighted by atomic mass is 10.0. The molecule has 0 spiro atoms. The van der Waals surface area contributed by atoms with Crippen LogP contribution in [0, 0.1) is 0 Å². The maximum atomic E-state index is 12.5. The SMILES string of the molecule is CC(CCCO)NC(CN)c1ccc(C(F)F)cc1. The minimum atomic E-state index is -2.44. The van der Waals surface area contributed by atoms with Crippen LogP contribution in [0.4, 0.5) is 8.78 Å². The maximum absolute atomic E-state index is 12.5. The van der Waals surface area contributed by atoms with E-state index in [4.69, 9.17) is 10.8 Å². The third-order valence-corrected chi connectivity index (χ3v) is 3.11. The highest BCUT2D eigenvalue weighted by molar-refractivity contribution is 5.26. The number of hydrogen-bond donors (Lipinski definition) is 3. The lowest BCUT2D eigenvalue weighted by Crippen LogP contribution is -2.35. The molecule has 0 aliphatic carbocycles. The van der Waals surface area contributed by atoms with Crippen molar-refractivity contribution in [2.75, 3.05) is 13.2 Å². The monoisotopic (exact) mass is 272 g/mol. The van der Waals surface area contributed by atoms with Crippen molar-refractivity contribution >= 4 is 0 Å². The van der Waals surface area contributed by atoms with Crippen molar-refractivity contribution in [2.24, 2.45) is 5.73 Å². The molecule has 108 valence electrons. The molecule has 0 aromatic heterocycles. The molecule has 0 fully saturated rings. The van der Waals surface area contributed by atoms with E-state index in [0.717, 1.165) is 18.4 Å². The number of halogens is 2.